The van der Waals surface area contributed by atoms with Crippen LogP contribution in [0.2, 0.25) is 10.0 Å². The molecule has 0 atom stereocenters. The highest BCUT2D eigenvalue weighted by Crippen LogP contribution is 2.45. The Bertz CT molecular complexity index is 1630. The van der Waals surface area contributed by atoms with E-state index >= 15 is 0 Å². The maximum atomic E-state index is 13.7. The van der Waals surface area contributed by atoms with E-state index in [1.165, 1.54) is 11.8 Å². The molecule has 0 aromatic heterocycles. The molecule has 0 N–H and O–H groups in total. The van der Waals surface area contributed by atoms with Crippen LogP contribution in [0.1, 0.15) is 11.1 Å². The maximum Gasteiger partial charge on any atom is 0.271 e. The third-order valence-electron chi connectivity index (χ3n) is 5.83. The van der Waals surface area contributed by atoms with Crippen LogP contribution < -0.4 is 14.4 Å². The van der Waals surface area contributed by atoms with Crippen LogP contribution in [0.5, 0.6) is 11.5 Å². The van der Waals surface area contributed by atoms with Crippen LogP contribution >= 0.6 is 66.8 Å². The summed E-state index contributed by atoms with van der Waals surface area (Å²) in [5.74, 6) is 0.827. The summed E-state index contributed by atoms with van der Waals surface area (Å²) < 4.78 is 13.1. The largest absolute Gasteiger partial charge is 0.493 e. The van der Waals surface area contributed by atoms with Gasteiger partial charge in [-0.2, -0.15) is 0 Å². The number of carbonyl (C=O) groups excluding carboxylic acids is 1. The average Bonchev–Trinajstić information content (AvgIpc) is 3.27. The maximum absolute atomic E-state index is 13.7. The van der Waals surface area contributed by atoms with Gasteiger partial charge in [-0.25, -0.2) is 4.99 Å². The number of benzene rings is 4. The van der Waals surface area contributed by atoms with Crippen LogP contribution in [0.15, 0.2) is 104 Å². The molecule has 5 rings (SSSR count). The zero-order valence-corrected chi connectivity index (χ0v) is 26.4. The first-order valence-electron chi connectivity index (χ1n) is 11.9. The van der Waals surface area contributed by atoms with Gasteiger partial charge in [0.1, 0.15) is 6.61 Å². The molecule has 0 bridgehead atoms. The summed E-state index contributed by atoms with van der Waals surface area (Å²) in [4.78, 5) is 20.6. The minimum atomic E-state index is -0.173. The van der Waals surface area contributed by atoms with Crippen molar-refractivity contribution in [2.75, 3.05) is 12.0 Å². The van der Waals surface area contributed by atoms with E-state index < -0.39 is 0 Å². The van der Waals surface area contributed by atoms with Gasteiger partial charge < -0.3 is 9.47 Å². The number of thioether (sulfide) groups is 1. The Balaban J connectivity index is 1.49. The Morgan fingerprint density at radius 3 is 2.30 bits per heavy atom. The Labute approximate surface area is 263 Å². The number of amidine groups is 1. The van der Waals surface area contributed by atoms with E-state index in [4.69, 9.17) is 37.7 Å². The second-order valence-electron chi connectivity index (χ2n) is 8.48. The van der Waals surface area contributed by atoms with Crippen molar-refractivity contribution in [2.45, 2.75) is 6.61 Å². The topological polar surface area (TPSA) is 51.1 Å². The van der Waals surface area contributed by atoms with Gasteiger partial charge in [0.25, 0.3) is 5.91 Å². The van der Waals surface area contributed by atoms with Crippen LogP contribution in [0.4, 0.5) is 11.4 Å². The lowest BCUT2D eigenvalue weighted by Crippen LogP contribution is -2.28. The summed E-state index contributed by atoms with van der Waals surface area (Å²) in [6, 6.07) is 26.2. The lowest BCUT2D eigenvalue weighted by atomic mass is 10.1. The summed E-state index contributed by atoms with van der Waals surface area (Å²) in [5.41, 5.74) is 3.08. The molecule has 202 valence electrons. The highest BCUT2D eigenvalue weighted by atomic mass is 79.9. The molecule has 40 heavy (non-hydrogen) atoms. The third kappa shape index (κ3) is 6.26. The van der Waals surface area contributed by atoms with Crippen molar-refractivity contribution in [1.82, 2.24) is 0 Å². The van der Waals surface area contributed by atoms with E-state index in [0.717, 1.165) is 22.5 Å². The van der Waals surface area contributed by atoms with Gasteiger partial charge in [-0.05, 0) is 103 Å². The summed E-state index contributed by atoms with van der Waals surface area (Å²) >= 11 is 20.8. The van der Waals surface area contributed by atoms with E-state index in [0.29, 0.717) is 40.6 Å². The number of ether oxygens (including phenoxy) is 2. The average molecular weight is 719 g/mol. The van der Waals surface area contributed by atoms with Crippen molar-refractivity contribution in [2.24, 2.45) is 4.99 Å². The highest BCUT2D eigenvalue weighted by Gasteiger charge is 2.35. The SMILES string of the molecule is COc1cc(/C=C2\SC(=Nc3ccccc3)N(c3ccccc3)C2=O)c(Br)c(Br)c1OCc1ccc(Cl)c(Cl)c1. The Kier molecular flexibility index (Phi) is 9.23. The minimum absolute atomic E-state index is 0.173. The van der Waals surface area contributed by atoms with Crippen LogP contribution in [0, 0.1) is 0 Å². The van der Waals surface area contributed by atoms with E-state index in [9.17, 15) is 4.79 Å². The van der Waals surface area contributed by atoms with Gasteiger partial charge >= 0.3 is 0 Å². The third-order valence-corrected chi connectivity index (χ3v) is 9.68. The summed E-state index contributed by atoms with van der Waals surface area (Å²) in [6.45, 7) is 0.248. The van der Waals surface area contributed by atoms with Crippen molar-refractivity contribution < 1.29 is 14.3 Å². The molecule has 1 aliphatic rings. The first kappa shape index (κ1) is 28.8. The Hall–Kier alpha value is -2.75. The number of rotatable bonds is 7. The zero-order valence-electron chi connectivity index (χ0n) is 20.9. The molecule has 0 saturated carbocycles. The number of aliphatic imine (C=N–C) groups is 1. The Morgan fingerprint density at radius 2 is 1.62 bits per heavy atom. The number of para-hydroxylation sites is 2. The summed E-state index contributed by atoms with van der Waals surface area (Å²) in [6.07, 6.45) is 1.82. The molecular formula is C30H20Br2Cl2N2O3S. The summed E-state index contributed by atoms with van der Waals surface area (Å²) in [7, 11) is 1.57. The quantitative estimate of drug-likeness (QED) is 0.179. The van der Waals surface area contributed by atoms with Crippen molar-refractivity contribution in [3.8, 4) is 11.5 Å². The van der Waals surface area contributed by atoms with Crippen molar-refractivity contribution >= 4 is 95.3 Å². The molecule has 0 aliphatic carbocycles. The number of amides is 1. The number of nitrogens with zero attached hydrogens (tertiary/aromatic N) is 2. The number of halogens is 4. The van der Waals surface area contributed by atoms with E-state index in [2.05, 4.69) is 31.9 Å². The van der Waals surface area contributed by atoms with Gasteiger partial charge in [0, 0.05) is 4.47 Å². The van der Waals surface area contributed by atoms with Crippen LogP contribution in [-0.2, 0) is 11.4 Å². The standard InChI is InChI=1S/C30H20Br2Cl2N2O3S/c1-38-24-15-19(26(31)27(32)28(24)39-17-18-12-13-22(33)23(34)14-18)16-25-29(37)36(21-10-6-3-7-11-21)30(40-25)35-20-8-4-2-5-9-20/h2-16H,17H2,1H3/b25-16-,35-30?. The first-order chi connectivity index (χ1) is 19.4. The van der Waals surface area contributed by atoms with Crippen LogP contribution in [0.25, 0.3) is 6.08 Å². The Morgan fingerprint density at radius 1 is 0.925 bits per heavy atom. The molecule has 0 radical (unpaired) electrons. The number of carbonyl (C=O) groups is 1. The van der Waals surface area contributed by atoms with Crippen molar-refractivity contribution in [3.05, 3.63) is 120 Å². The smallest absolute Gasteiger partial charge is 0.271 e. The lowest BCUT2D eigenvalue weighted by molar-refractivity contribution is -0.113. The molecule has 4 aromatic carbocycles. The number of methoxy groups -OCH3 is 1. The molecule has 5 nitrogen and oxygen atoms in total. The molecule has 1 fully saturated rings. The molecule has 0 spiro atoms. The molecular weight excluding hydrogens is 699 g/mol. The minimum Gasteiger partial charge on any atom is -0.493 e. The molecule has 1 heterocycles. The fraction of sp³-hybridized carbons (Fsp3) is 0.0667. The first-order valence-corrected chi connectivity index (χ1v) is 15.1. The lowest BCUT2D eigenvalue weighted by Gasteiger charge is -2.16. The molecule has 0 unspecified atom stereocenters. The molecule has 1 amide bonds. The normalized spacial score (nSPS) is 15.2. The van der Waals surface area contributed by atoms with Gasteiger partial charge in [0.2, 0.25) is 0 Å². The van der Waals surface area contributed by atoms with E-state index in [-0.39, 0.29) is 12.5 Å². The van der Waals surface area contributed by atoms with E-state index in [1.54, 1.807) is 24.1 Å². The van der Waals surface area contributed by atoms with Gasteiger partial charge in [-0.1, -0.05) is 65.7 Å². The molecule has 1 aliphatic heterocycles. The van der Waals surface area contributed by atoms with Gasteiger partial charge in [-0.3, -0.25) is 9.69 Å². The number of hydrogen-bond acceptors (Lipinski definition) is 5. The molecule has 10 heteroatoms. The highest BCUT2D eigenvalue weighted by molar-refractivity contribution is 9.13. The molecule has 1 saturated heterocycles. The van der Waals surface area contributed by atoms with Gasteiger partial charge in [0.05, 0.1) is 37.9 Å². The monoisotopic (exact) mass is 716 g/mol. The van der Waals surface area contributed by atoms with E-state index in [1.807, 2.05) is 78.9 Å². The zero-order chi connectivity index (χ0) is 28.2. The van der Waals surface area contributed by atoms with Crippen LogP contribution in [0.3, 0.4) is 0 Å². The predicted octanol–water partition coefficient (Wildman–Crippen LogP) is 9.91. The van der Waals surface area contributed by atoms with Crippen LogP contribution in [-0.4, -0.2) is 18.2 Å². The summed E-state index contributed by atoms with van der Waals surface area (Å²) in [5, 5.41) is 1.50. The predicted molar refractivity (Wildman–Crippen MR) is 172 cm³/mol. The number of anilines is 1. The fourth-order valence-electron chi connectivity index (χ4n) is 3.89. The van der Waals surface area contributed by atoms with Crippen molar-refractivity contribution in [3.63, 3.8) is 0 Å². The second-order valence-corrected chi connectivity index (χ2v) is 11.9. The number of hydrogen-bond donors (Lipinski definition) is 0. The molecule has 4 aromatic rings. The van der Waals surface area contributed by atoms with Gasteiger partial charge in [-0.15, -0.1) is 0 Å². The fourth-order valence-corrected chi connectivity index (χ4v) is 6.15. The van der Waals surface area contributed by atoms with Gasteiger partial charge in [0.15, 0.2) is 16.7 Å². The van der Waals surface area contributed by atoms with Crippen molar-refractivity contribution in [1.29, 1.82) is 0 Å². The second kappa shape index (κ2) is 12.8.